The molecule has 0 radical (unpaired) electrons. The third-order valence-electron chi connectivity index (χ3n) is 7.43. The first-order valence-corrected chi connectivity index (χ1v) is 12.6. The second kappa shape index (κ2) is 11.0. The molecule has 2 amide bonds. The largest absolute Gasteiger partial charge is 0.353 e. The standard InChI is InChI=1S/C27H34FN5O2/c1-18-19(2)33(23-10-6-9-21(28)15-23)26(24(18)16-29)31-25(34)17-32-13-11-22(12-14-32)30-27(35)20-7-4-3-5-8-20/h6,9-10,15,20,22H,3-5,7-8,11-14,17H2,1-2H3,(H,30,35)(H,31,34). The van der Waals surface area contributed by atoms with Crippen LogP contribution in [-0.2, 0) is 9.59 Å². The zero-order valence-electron chi connectivity index (χ0n) is 20.6. The van der Waals surface area contributed by atoms with Gasteiger partial charge in [0.2, 0.25) is 11.8 Å². The molecule has 8 heteroatoms. The Kier molecular flexibility index (Phi) is 7.86. The van der Waals surface area contributed by atoms with Crippen LogP contribution in [0.4, 0.5) is 10.2 Å². The number of nitrogens with zero attached hydrogens (tertiary/aromatic N) is 3. The molecule has 35 heavy (non-hydrogen) atoms. The number of hydrogen-bond donors (Lipinski definition) is 2. The van der Waals surface area contributed by atoms with Crippen LogP contribution in [0.2, 0.25) is 0 Å². The number of halogens is 1. The van der Waals surface area contributed by atoms with Crippen molar-refractivity contribution < 1.29 is 14.0 Å². The van der Waals surface area contributed by atoms with Crippen LogP contribution in [-0.4, -0.2) is 47.0 Å². The van der Waals surface area contributed by atoms with Gasteiger partial charge in [0.05, 0.1) is 17.8 Å². The van der Waals surface area contributed by atoms with Crippen molar-refractivity contribution in [3.05, 3.63) is 46.9 Å². The molecule has 2 N–H and O–H groups in total. The Morgan fingerprint density at radius 3 is 2.49 bits per heavy atom. The molecule has 0 bridgehead atoms. The van der Waals surface area contributed by atoms with Gasteiger partial charge >= 0.3 is 0 Å². The molecule has 7 nitrogen and oxygen atoms in total. The van der Waals surface area contributed by atoms with Gasteiger partial charge in [-0.25, -0.2) is 4.39 Å². The summed E-state index contributed by atoms with van der Waals surface area (Å²) in [4.78, 5) is 27.6. The summed E-state index contributed by atoms with van der Waals surface area (Å²) in [5.74, 6) is 0.105. The number of anilines is 1. The number of benzene rings is 1. The molecule has 1 aliphatic carbocycles. The van der Waals surface area contributed by atoms with E-state index in [0.29, 0.717) is 17.1 Å². The highest BCUT2D eigenvalue weighted by atomic mass is 19.1. The van der Waals surface area contributed by atoms with Crippen molar-refractivity contribution in [1.82, 2.24) is 14.8 Å². The first-order valence-electron chi connectivity index (χ1n) is 12.6. The van der Waals surface area contributed by atoms with E-state index in [4.69, 9.17) is 0 Å². The van der Waals surface area contributed by atoms with Gasteiger partial charge < -0.3 is 10.6 Å². The fourth-order valence-corrected chi connectivity index (χ4v) is 5.29. The summed E-state index contributed by atoms with van der Waals surface area (Å²) < 4.78 is 15.6. The fourth-order valence-electron chi connectivity index (χ4n) is 5.29. The number of rotatable bonds is 6. The van der Waals surface area contributed by atoms with E-state index < -0.39 is 0 Å². The van der Waals surface area contributed by atoms with E-state index in [-0.39, 0.29) is 36.1 Å². The average Bonchev–Trinajstić information content (AvgIpc) is 3.09. The summed E-state index contributed by atoms with van der Waals surface area (Å²) in [7, 11) is 0. The van der Waals surface area contributed by atoms with Crippen LogP contribution in [0.3, 0.4) is 0 Å². The summed E-state index contributed by atoms with van der Waals surface area (Å²) in [5, 5.41) is 15.9. The number of aromatic nitrogens is 1. The number of carbonyl (C=O) groups is 2. The lowest BCUT2D eigenvalue weighted by Crippen LogP contribution is -2.48. The molecule has 0 spiro atoms. The normalized spacial score (nSPS) is 17.7. The molecule has 0 atom stereocenters. The van der Waals surface area contributed by atoms with E-state index in [2.05, 4.69) is 21.6 Å². The maximum atomic E-state index is 13.9. The number of likely N-dealkylation sites (tertiary alicyclic amines) is 1. The summed E-state index contributed by atoms with van der Waals surface area (Å²) in [5.41, 5.74) is 2.46. The Bertz CT molecular complexity index is 1120. The predicted molar refractivity (Wildman–Crippen MR) is 133 cm³/mol. The minimum atomic E-state index is -0.387. The lowest BCUT2D eigenvalue weighted by molar-refractivity contribution is -0.127. The molecule has 1 saturated carbocycles. The predicted octanol–water partition coefficient (Wildman–Crippen LogP) is 4.20. The Morgan fingerprint density at radius 1 is 1.11 bits per heavy atom. The van der Waals surface area contributed by atoms with Gasteiger partial charge in [-0.1, -0.05) is 25.3 Å². The van der Waals surface area contributed by atoms with Gasteiger partial charge in [-0.15, -0.1) is 0 Å². The second-order valence-electron chi connectivity index (χ2n) is 9.80. The third kappa shape index (κ3) is 5.73. The summed E-state index contributed by atoms with van der Waals surface area (Å²) in [6, 6.07) is 8.44. The van der Waals surface area contributed by atoms with E-state index in [1.54, 1.807) is 16.7 Å². The average molecular weight is 480 g/mol. The zero-order chi connectivity index (χ0) is 24.9. The molecule has 1 saturated heterocycles. The first kappa shape index (κ1) is 24.9. The van der Waals surface area contributed by atoms with Crippen molar-refractivity contribution in [2.75, 3.05) is 25.0 Å². The molecule has 2 aromatic rings. The van der Waals surface area contributed by atoms with Gasteiger partial charge in [0, 0.05) is 30.7 Å². The van der Waals surface area contributed by atoms with Crippen molar-refractivity contribution in [1.29, 1.82) is 5.26 Å². The molecular weight excluding hydrogens is 445 g/mol. The van der Waals surface area contributed by atoms with Gasteiger partial charge in [0.25, 0.3) is 0 Å². The number of carbonyl (C=O) groups excluding carboxylic acids is 2. The number of hydrogen-bond acceptors (Lipinski definition) is 4. The fraction of sp³-hybridized carbons (Fsp3) is 0.519. The number of nitriles is 1. The first-order chi connectivity index (χ1) is 16.9. The Balaban J connectivity index is 1.37. The molecule has 2 fully saturated rings. The lowest BCUT2D eigenvalue weighted by atomic mass is 9.88. The smallest absolute Gasteiger partial charge is 0.239 e. The van der Waals surface area contributed by atoms with Gasteiger partial charge in [-0.2, -0.15) is 5.26 Å². The quantitative estimate of drug-likeness (QED) is 0.650. The van der Waals surface area contributed by atoms with Crippen LogP contribution in [0, 0.1) is 36.9 Å². The minimum Gasteiger partial charge on any atom is -0.353 e. The van der Waals surface area contributed by atoms with E-state index in [1.165, 1.54) is 18.6 Å². The van der Waals surface area contributed by atoms with Crippen molar-refractivity contribution in [3.63, 3.8) is 0 Å². The van der Waals surface area contributed by atoms with Crippen LogP contribution in [0.5, 0.6) is 0 Å². The van der Waals surface area contributed by atoms with Crippen molar-refractivity contribution >= 4 is 17.6 Å². The lowest BCUT2D eigenvalue weighted by Gasteiger charge is -2.33. The molecule has 2 aliphatic rings. The minimum absolute atomic E-state index is 0.156. The molecule has 4 rings (SSSR count). The maximum Gasteiger partial charge on any atom is 0.239 e. The molecule has 1 aromatic heterocycles. The van der Waals surface area contributed by atoms with E-state index in [0.717, 1.165) is 62.9 Å². The monoisotopic (exact) mass is 479 g/mol. The number of piperidine rings is 1. The summed E-state index contributed by atoms with van der Waals surface area (Å²) in [6.07, 6.45) is 7.12. The van der Waals surface area contributed by atoms with Crippen LogP contribution in [0.25, 0.3) is 5.69 Å². The van der Waals surface area contributed by atoms with Gasteiger partial charge in [-0.3, -0.25) is 19.1 Å². The van der Waals surface area contributed by atoms with Crippen LogP contribution in [0.15, 0.2) is 24.3 Å². The highest BCUT2D eigenvalue weighted by molar-refractivity contribution is 5.93. The highest BCUT2D eigenvalue weighted by Crippen LogP contribution is 2.30. The Morgan fingerprint density at radius 2 is 1.83 bits per heavy atom. The maximum absolute atomic E-state index is 13.9. The molecule has 1 aliphatic heterocycles. The number of amides is 2. The van der Waals surface area contributed by atoms with Crippen molar-refractivity contribution in [2.24, 2.45) is 5.92 Å². The highest BCUT2D eigenvalue weighted by Gasteiger charge is 2.27. The number of nitrogens with one attached hydrogen (secondary N) is 2. The van der Waals surface area contributed by atoms with Crippen LogP contribution >= 0.6 is 0 Å². The van der Waals surface area contributed by atoms with E-state index >= 15 is 0 Å². The van der Waals surface area contributed by atoms with Gasteiger partial charge in [0.15, 0.2) is 0 Å². The summed E-state index contributed by atoms with van der Waals surface area (Å²) in [6.45, 7) is 5.31. The molecular formula is C27H34FN5O2. The Labute approximate surface area is 206 Å². The van der Waals surface area contributed by atoms with Crippen LogP contribution in [0.1, 0.15) is 61.8 Å². The molecule has 2 heterocycles. The third-order valence-corrected chi connectivity index (χ3v) is 7.43. The van der Waals surface area contributed by atoms with Crippen molar-refractivity contribution in [3.8, 4) is 11.8 Å². The van der Waals surface area contributed by atoms with Gasteiger partial charge in [0.1, 0.15) is 17.7 Å². The van der Waals surface area contributed by atoms with E-state index in [1.807, 2.05) is 13.8 Å². The topological polar surface area (TPSA) is 90.2 Å². The second-order valence-corrected chi connectivity index (χ2v) is 9.80. The molecule has 186 valence electrons. The van der Waals surface area contributed by atoms with E-state index in [9.17, 15) is 19.2 Å². The SMILES string of the molecule is Cc1c(C#N)c(NC(=O)CN2CCC(NC(=O)C3CCCCC3)CC2)n(-c2cccc(F)c2)c1C. The van der Waals surface area contributed by atoms with Gasteiger partial charge in [-0.05, 0) is 63.3 Å². The molecule has 1 aromatic carbocycles. The zero-order valence-corrected chi connectivity index (χ0v) is 20.6. The Hall–Kier alpha value is -3.18. The summed E-state index contributed by atoms with van der Waals surface area (Å²) >= 11 is 0. The molecule has 0 unspecified atom stereocenters. The van der Waals surface area contributed by atoms with Crippen molar-refractivity contribution in [2.45, 2.75) is 64.8 Å². The van der Waals surface area contributed by atoms with Crippen LogP contribution < -0.4 is 10.6 Å².